The van der Waals surface area contributed by atoms with Crippen LogP contribution in [0.15, 0.2) is 53.4 Å². The topological polar surface area (TPSA) is 76.1 Å². The smallest absolute Gasteiger partial charge is 0.327 e. The highest BCUT2D eigenvalue weighted by Crippen LogP contribution is 2.37. The van der Waals surface area contributed by atoms with Gasteiger partial charge in [0.25, 0.3) is 5.91 Å². The minimum absolute atomic E-state index is 0.167. The number of thioether (sulfide) groups is 1. The van der Waals surface area contributed by atoms with Crippen LogP contribution in [0.5, 0.6) is 11.5 Å². The van der Waals surface area contributed by atoms with E-state index in [1.807, 2.05) is 30.3 Å². The van der Waals surface area contributed by atoms with E-state index in [4.69, 9.17) is 21.7 Å². The fraction of sp³-hybridized carbons (Fsp3) is 0.150. The Bertz CT molecular complexity index is 989. The van der Waals surface area contributed by atoms with Gasteiger partial charge in [-0.05, 0) is 29.3 Å². The number of carbonyl (C=O) groups is 2. The van der Waals surface area contributed by atoms with Gasteiger partial charge >= 0.3 is 5.97 Å². The summed E-state index contributed by atoms with van der Waals surface area (Å²) >= 11 is 6.42. The predicted molar refractivity (Wildman–Crippen MR) is 109 cm³/mol. The van der Waals surface area contributed by atoms with Gasteiger partial charge in [-0.3, -0.25) is 9.69 Å². The van der Waals surface area contributed by atoms with E-state index in [0.717, 1.165) is 22.9 Å². The molecule has 0 aromatic heterocycles. The van der Waals surface area contributed by atoms with Crippen molar-refractivity contribution < 1.29 is 24.2 Å². The van der Waals surface area contributed by atoms with E-state index in [-0.39, 0.29) is 17.5 Å². The van der Waals surface area contributed by atoms with E-state index >= 15 is 0 Å². The number of hydrogen-bond acceptors (Lipinski definition) is 6. The molecule has 2 aromatic rings. The maximum Gasteiger partial charge on any atom is 0.327 e. The van der Waals surface area contributed by atoms with Crippen LogP contribution in [-0.2, 0) is 16.0 Å². The number of nitrogens with zero attached hydrogens (tertiary/aromatic N) is 1. The van der Waals surface area contributed by atoms with Gasteiger partial charge in [-0.15, -0.1) is 0 Å². The minimum Gasteiger partial charge on any atom is -0.480 e. The molecule has 0 aliphatic carbocycles. The van der Waals surface area contributed by atoms with Gasteiger partial charge in [0.1, 0.15) is 10.4 Å². The molecular formula is C20H15NO5S2. The number of amides is 1. The number of thiocarbonyl (C=S) groups is 1. The third-order valence-corrected chi connectivity index (χ3v) is 5.72. The number of carboxylic acid groups (broad SMARTS) is 1. The summed E-state index contributed by atoms with van der Waals surface area (Å²) in [6.07, 6.45) is 1.86. The molecular weight excluding hydrogens is 398 g/mol. The maximum atomic E-state index is 12.9. The van der Waals surface area contributed by atoms with Gasteiger partial charge in [0, 0.05) is 6.42 Å². The fourth-order valence-corrected chi connectivity index (χ4v) is 4.39. The molecule has 0 unspecified atom stereocenters. The third-order valence-electron chi connectivity index (χ3n) is 4.39. The second-order valence-electron chi connectivity index (χ2n) is 6.21. The number of carbonyl (C=O) groups excluding carboxylic acids is 1. The van der Waals surface area contributed by atoms with E-state index in [1.54, 1.807) is 24.3 Å². The van der Waals surface area contributed by atoms with Crippen molar-refractivity contribution in [2.45, 2.75) is 12.5 Å². The first-order valence-corrected chi connectivity index (χ1v) is 9.69. The highest BCUT2D eigenvalue weighted by molar-refractivity contribution is 8.26. The zero-order valence-corrected chi connectivity index (χ0v) is 16.2. The van der Waals surface area contributed by atoms with Crippen LogP contribution in [0.25, 0.3) is 6.08 Å². The van der Waals surface area contributed by atoms with Crippen molar-refractivity contribution in [1.82, 2.24) is 4.90 Å². The van der Waals surface area contributed by atoms with Crippen LogP contribution >= 0.6 is 24.0 Å². The van der Waals surface area contributed by atoms with Crippen molar-refractivity contribution in [2.75, 3.05) is 6.79 Å². The Labute approximate surface area is 170 Å². The molecule has 2 aromatic carbocycles. The van der Waals surface area contributed by atoms with Gasteiger partial charge in [-0.1, -0.05) is 60.4 Å². The average molecular weight is 413 g/mol. The number of benzene rings is 2. The lowest BCUT2D eigenvalue weighted by molar-refractivity contribution is -0.145. The van der Waals surface area contributed by atoms with Crippen LogP contribution in [0.4, 0.5) is 0 Å². The van der Waals surface area contributed by atoms with Crippen LogP contribution in [-0.4, -0.2) is 39.0 Å². The molecule has 4 rings (SSSR count). The number of aliphatic carboxylic acids is 1. The summed E-state index contributed by atoms with van der Waals surface area (Å²) in [5, 5.41) is 9.70. The highest BCUT2D eigenvalue weighted by Gasteiger charge is 2.40. The third kappa shape index (κ3) is 3.61. The molecule has 28 heavy (non-hydrogen) atoms. The number of rotatable bonds is 5. The Morgan fingerprint density at radius 3 is 2.71 bits per heavy atom. The molecule has 2 aliphatic heterocycles. The van der Waals surface area contributed by atoms with Crippen molar-refractivity contribution in [3.63, 3.8) is 0 Å². The van der Waals surface area contributed by atoms with Crippen LogP contribution < -0.4 is 9.47 Å². The Morgan fingerprint density at radius 1 is 1.21 bits per heavy atom. The quantitative estimate of drug-likeness (QED) is 0.595. The van der Waals surface area contributed by atoms with E-state index in [0.29, 0.717) is 16.4 Å². The number of hydrogen-bond donors (Lipinski definition) is 1. The van der Waals surface area contributed by atoms with Crippen LogP contribution in [0, 0.1) is 0 Å². The molecule has 1 amide bonds. The van der Waals surface area contributed by atoms with Crippen molar-refractivity contribution in [3.05, 3.63) is 64.6 Å². The fourth-order valence-electron chi connectivity index (χ4n) is 3.03. The molecule has 6 nitrogen and oxygen atoms in total. The van der Waals surface area contributed by atoms with Crippen LogP contribution in [0.2, 0.25) is 0 Å². The normalized spacial score (nSPS) is 18.0. The first kappa shape index (κ1) is 18.5. The minimum atomic E-state index is -1.09. The molecule has 1 N–H and O–H groups in total. The molecule has 0 radical (unpaired) electrons. The summed E-state index contributed by atoms with van der Waals surface area (Å²) in [6.45, 7) is 0.167. The molecule has 0 spiro atoms. The first-order chi connectivity index (χ1) is 13.5. The average Bonchev–Trinajstić information content (AvgIpc) is 3.25. The summed E-state index contributed by atoms with van der Waals surface area (Å²) in [5.74, 6) is -0.240. The van der Waals surface area contributed by atoms with Gasteiger partial charge in [0.05, 0.1) is 4.91 Å². The molecule has 2 aliphatic rings. The summed E-state index contributed by atoms with van der Waals surface area (Å²) in [5.41, 5.74) is 1.57. The summed E-state index contributed by atoms with van der Waals surface area (Å²) in [7, 11) is 0. The summed E-state index contributed by atoms with van der Waals surface area (Å²) in [4.78, 5) is 26.3. The van der Waals surface area contributed by atoms with Gasteiger partial charge < -0.3 is 14.6 Å². The Hall–Kier alpha value is -2.84. The van der Waals surface area contributed by atoms with Gasteiger partial charge in [0.2, 0.25) is 6.79 Å². The van der Waals surface area contributed by atoms with E-state index in [9.17, 15) is 14.7 Å². The standard InChI is InChI=1S/C20H15NO5S2/c22-18-17(10-13-6-7-15-16(9-13)26-11-25-15)28-20(27)21(18)14(19(23)24)8-12-4-2-1-3-5-12/h1-7,9-10,14H,8,11H2,(H,23,24)/b17-10-/t14-/m0/s1. The number of ether oxygens (including phenoxy) is 2. The van der Waals surface area contributed by atoms with E-state index < -0.39 is 17.9 Å². The van der Waals surface area contributed by atoms with E-state index in [1.165, 1.54) is 4.90 Å². The largest absolute Gasteiger partial charge is 0.480 e. The number of carboxylic acids is 1. The Balaban J connectivity index is 1.59. The molecule has 1 atom stereocenters. The van der Waals surface area contributed by atoms with E-state index in [2.05, 4.69) is 0 Å². The SMILES string of the molecule is O=C(O)[C@H](Cc1ccccc1)N1C(=O)/C(=C/c2ccc3c(c2)OCO3)SC1=S. The zero-order chi connectivity index (χ0) is 19.7. The summed E-state index contributed by atoms with van der Waals surface area (Å²) < 4.78 is 10.9. The second kappa shape index (κ2) is 7.65. The van der Waals surface area contributed by atoms with Gasteiger partial charge in [-0.25, -0.2) is 4.79 Å². The van der Waals surface area contributed by atoms with Crippen molar-refractivity contribution in [3.8, 4) is 11.5 Å². The highest BCUT2D eigenvalue weighted by atomic mass is 32.2. The van der Waals surface area contributed by atoms with Gasteiger partial charge in [0.15, 0.2) is 11.5 Å². The maximum absolute atomic E-state index is 12.9. The Morgan fingerprint density at radius 2 is 1.96 bits per heavy atom. The first-order valence-electron chi connectivity index (χ1n) is 8.46. The lowest BCUT2D eigenvalue weighted by Gasteiger charge is -2.23. The molecule has 1 fully saturated rings. The number of fused-ring (bicyclic) bond motifs is 1. The molecule has 0 saturated carbocycles. The van der Waals surface area contributed by atoms with Crippen molar-refractivity contribution >= 4 is 46.3 Å². The predicted octanol–water partition coefficient (Wildman–Crippen LogP) is 3.31. The van der Waals surface area contributed by atoms with Crippen molar-refractivity contribution in [2.24, 2.45) is 0 Å². The second-order valence-corrected chi connectivity index (χ2v) is 7.88. The lowest BCUT2D eigenvalue weighted by Crippen LogP contribution is -2.45. The lowest BCUT2D eigenvalue weighted by atomic mass is 10.0. The summed E-state index contributed by atoms with van der Waals surface area (Å²) in [6, 6.07) is 13.5. The van der Waals surface area contributed by atoms with Crippen LogP contribution in [0.3, 0.4) is 0 Å². The molecule has 142 valence electrons. The zero-order valence-electron chi connectivity index (χ0n) is 14.5. The van der Waals surface area contributed by atoms with Crippen LogP contribution in [0.1, 0.15) is 11.1 Å². The van der Waals surface area contributed by atoms with Crippen molar-refractivity contribution in [1.29, 1.82) is 0 Å². The van der Waals surface area contributed by atoms with Gasteiger partial charge in [-0.2, -0.15) is 0 Å². The monoisotopic (exact) mass is 413 g/mol. The molecule has 0 bridgehead atoms. The molecule has 2 heterocycles. The molecule has 8 heteroatoms. The Kier molecular flexibility index (Phi) is 5.06. The molecule has 1 saturated heterocycles.